The van der Waals surface area contributed by atoms with E-state index < -0.39 is 0 Å². The van der Waals surface area contributed by atoms with Crippen LogP contribution in [0.25, 0.3) is 0 Å². The summed E-state index contributed by atoms with van der Waals surface area (Å²) in [6, 6.07) is 0. The normalized spacial score (nSPS) is 0. The molecule has 0 rings (SSSR count). The third-order valence-electron chi connectivity index (χ3n) is 0. The molecule has 0 aliphatic rings. The Balaban J connectivity index is 0. The summed E-state index contributed by atoms with van der Waals surface area (Å²) in [5.74, 6) is 0. The number of halogens is 4. The van der Waals surface area contributed by atoms with E-state index in [9.17, 15) is 0 Å². The van der Waals surface area contributed by atoms with E-state index in [1.807, 2.05) is 0 Å². The van der Waals surface area contributed by atoms with Gasteiger partial charge in [0.1, 0.15) is 0 Å². The topological polar surface area (TPSA) is 0 Å². The molecule has 0 aromatic rings. The molecule has 0 aromatic heterocycles. The van der Waals surface area contributed by atoms with Crippen molar-refractivity contribution in [2.24, 2.45) is 0 Å². The van der Waals surface area contributed by atoms with Gasteiger partial charge in [-0.05, 0) is 0 Å². The maximum Gasteiger partial charge on any atom is 0 e. The van der Waals surface area contributed by atoms with Crippen LogP contribution in [0.5, 0.6) is 0 Å². The summed E-state index contributed by atoms with van der Waals surface area (Å²) in [5, 5.41) is 0. The Bertz CT molecular complexity index is 7.51. The van der Waals surface area contributed by atoms with E-state index in [2.05, 4.69) is 0 Å². The van der Waals surface area contributed by atoms with Gasteiger partial charge in [0, 0.05) is 26.2 Å². The van der Waals surface area contributed by atoms with Crippen LogP contribution in [0.3, 0.4) is 0 Å². The Labute approximate surface area is 82.6 Å². The molecule has 0 aliphatic carbocycles. The van der Waals surface area contributed by atoms with Crippen LogP contribution in [0.1, 0.15) is 7.43 Å². The summed E-state index contributed by atoms with van der Waals surface area (Å²) in [4.78, 5) is 0. The molecule has 0 aromatic carbocycles. The standard InChI is InChI=1S/CH4.4ClH.Zr/h1H4;4*1H;. The average molecular weight is 253 g/mol. The Hall–Kier alpha value is 2.04. The zero-order chi connectivity index (χ0) is 0. The van der Waals surface area contributed by atoms with E-state index >= 15 is 0 Å². The summed E-state index contributed by atoms with van der Waals surface area (Å²) in [5.41, 5.74) is 0. The average Bonchev–Trinajstić information content (AvgIpc) is 0. The monoisotopic (exact) mass is 250 g/mol. The van der Waals surface area contributed by atoms with Crippen molar-refractivity contribution in [3.8, 4) is 0 Å². The van der Waals surface area contributed by atoms with Crippen LogP contribution in [-0.4, -0.2) is 0 Å². The summed E-state index contributed by atoms with van der Waals surface area (Å²) < 4.78 is 0. The molecule has 0 atom stereocenters. The molecule has 44 valence electrons. The van der Waals surface area contributed by atoms with Gasteiger partial charge in [0.05, 0.1) is 0 Å². The predicted octanol–water partition coefficient (Wildman–Crippen LogP) is 2.32. The van der Waals surface area contributed by atoms with Gasteiger partial charge >= 0.3 is 0 Å². The number of hydrogen-bond donors (Lipinski definition) is 0. The Morgan fingerprint density at radius 2 is 0.500 bits per heavy atom. The van der Waals surface area contributed by atoms with Gasteiger partial charge in [-0.25, -0.2) is 0 Å². The van der Waals surface area contributed by atoms with E-state index in [1.165, 1.54) is 0 Å². The first-order chi connectivity index (χ1) is 0. The first-order valence-electron chi connectivity index (χ1n) is 0. The van der Waals surface area contributed by atoms with E-state index in [4.69, 9.17) is 0 Å². The molecule has 0 saturated carbocycles. The summed E-state index contributed by atoms with van der Waals surface area (Å²) in [6.07, 6.45) is 0. The fourth-order valence-electron chi connectivity index (χ4n) is 0. The minimum Gasteiger partial charge on any atom is -0.147 e. The van der Waals surface area contributed by atoms with E-state index in [0.29, 0.717) is 0 Å². The first-order valence-corrected chi connectivity index (χ1v) is 0. The predicted molar refractivity (Wildman–Crippen MR) is 35.7 cm³/mol. The second-order valence-corrected chi connectivity index (χ2v) is 0. The molecule has 0 heterocycles. The minimum atomic E-state index is 0. The fourth-order valence-corrected chi connectivity index (χ4v) is 0. The molecular formula is CH8Cl4Zr. The molecule has 0 spiro atoms. The molecule has 0 radical (unpaired) electrons. The van der Waals surface area contributed by atoms with Crippen molar-refractivity contribution in [3.05, 3.63) is 0 Å². The van der Waals surface area contributed by atoms with E-state index in [1.54, 1.807) is 0 Å². The largest absolute Gasteiger partial charge is 0.147 e. The zero-order valence-electron chi connectivity index (χ0n) is 2.13. The van der Waals surface area contributed by atoms with Crippen LogP contribution in [0, 0.1) is 0 Å². The van der Waals surface area contributed by atoms with Crippen LogP contribution < -0.4 is 0 Å². The molecular weight excluding hydrogens is 245 g/mol. The van der Waals surface area contributed by atoms with Crippen molar-refractivity contribution in [3.63, 3.8) is 0 Å². The van der Waals surface area contributed by atoms with Gasteiger partial charge in [0.2, 0.25) is 0 Å². The quantitative estimate of drug-likeness (QED) is 0.621. The van der Waals surface area contributed by atoms with Crippen LogP contribution in [-0.2, 0) is 26.2 Å². The third-order valence-corrected chi connectivity index (χ3v) is 0. The maximum absolute atomic E-state index is 0. The van der Waals surface area contributed by atoms with Gasteiger partial charge < -0.3 is 0 Å². The fraction of sp³-hybridized carbons (Fsp3) is 1.00. The van der Waals surface area contributed by atoms with Gasteiger partial charge in [-0.3, -0.25) is 0 Å². The molecule has 0 N–H and O–H groups in total. The summed E-state index contributed by atoms with van der Waals surface area (Å²) in [6.45, 7) is 0. The van der Waals surface area contributed by atoms with E-state index in [-0.39, 0.29) is 83.3 Å². The second kappa shape index (κ2) is 61.6. The van der Waals surface area contributed by atoms with Gasteiger partial charge in [-0.15, -0.1) is 49.6 Å². The number of rotatable bonds is 0. The van der Waals surface area contributed by atoms with Crippen LogP contribution in [0.15, 0.2) is 0 Å². The molecule has 5 heteroatoms. The third kappa shape index (κ3) is 36.8. The molecule has 0 nitrogen and oxygen atoms in total. The Kier molecular flexibility index (Phi) is 982. The zero-order valence-corrected chi connectivity index (χ0v) is 7.86. The molecule has 0 fully saturated rings. The van der Waals surface area contributed by atoms with Crippen molar-refractivity contribution in [1.82, 2.24) is 0 Å². The van der Waals surface area contributed by atoms with Gasteiger partial charge in [-0.1, -0.05) is 7.43 Å². The van der Waals surface area contributed by atoms with Gasteiger partial charge in [0.15, 0.2) is 0 Å². The van der Waals surface area contributed by atoms with Gasteiger partial charge in [0.25, 0.3) is 0 Å². The van der Waals surface area contributed by atoms with Crippen LogP contribution in [0.4, 0.5) is 0 Å². The summed E-state index contributed by atoms with van der Waals surface area (Å²) in [7, 11) is 0. The summed E-state index contributed by atoms with van der Waals surface area (Å²) >= 11 is 0. The molecule has 0 aliphatic heterocycles. The number of hydrogen-bond acceptors (Lipinski definition) is 0. The molecule has 0 saturated heterocycles. The van der Waals surface area contributed by atoms with Crippen molar-refractivity contribution in [2.45, 2.75) is 7.43 Å². The van der Waals surface area contributed by atoms with Crippen molar-refractivity contribution < 1.29 is 26.2 Å². The van der Waals surface area contributed by atoms with Gasteiger partial charge in [-0.2, -0.15) is 0 Å². The van der Waals surface area contributed by atoms with Crippen molar-refractivity contribution in [1.29, 1.82) is 0 Å². The Morgan fingerprint density at radius 1 is 0.500 bits per heavy atom. The first kappa shape index (κ1) is 95.6. The van der Waals surface area contributed by atoms with Crippen molar-refractivity contribution in [2.75, 3.05) is 0 Å². The maximum atomic E-state index is 0. The van der Waals surface area contributed by atoms with E-state index in [0.717, 1.165) is 0 Å². The Morgan fingerprint density at radius 3 is 0.500 bits per heavy atom. The smallest absolute Gasteiger partial charge is 0 e. The molecule has 0 amide bonds. The van der Waals surface area contributed by atoms with Crippen LogP contribution in [0.2, 0.25) is 0 Å². The second-order valence-electron chi connectivity index (χ2n) is 0. The van der Waals surface area contributed by atoms with Crippen molar-refractivity contribution >= 4 is 49.6 Å². The van der Waals surface area contributed by atoms with Crippen LogP contribution >= 0.6 is 49.6 Å². The molecule has 0 bridgehead atoms. The SMILES string of the molecule is C.Cl.Cl.Cl.Cl.[Zr]. The molecule has 6 heavy (non-hydrogen) atoms. The molecule has 0 unspecified atom stereocenters. The minimum absolute atomic E-state index is 0.